The molecule has 0 radical (unpaired) electrons. The average Bonchev–Trinajstić information content (AvgIpc) is 3.49. The number of rotatable bonds is 5. The molecule has 3 amide bonds. The SMILES string of the molecule is O=C(C=Cc1cn(-c2ccccc2)nc1-c1ccc2c(c1)OCCO2)Nc1cccc2c1C(=O)NC2=O. The quantitative estimate of drug-likeness (QED) is 0.323. The third-order valence-electron chi connectivity index (χ3n) is 6.01. The molecule has 0 saturated heterocycles. The van der Waals surface area contributed by atoms with Crippen LogP contribution in [-0.4, -0.2) is 40.7 Å². The van der Waals surface area contributed by atoms with Gasteiger partial charge in [0, 0.05) is 23.4 Å². The van der Waals surface area contributed by atoms with Crippen molar-refractivity contribution in [3.63, 3.8) is 0 Å². The molecule has 4 aromatic rings. The van der Waals surface area contributed by atoms with Crippen LogP contribution < -0.4 is 20.1 Å². The van der Waals surface area contributed by atoms with E-state index >= 15 is 0 Å². The molecule has 0 fully saturated rings. The van der Waals surface area contributed by atoms with Gasteiger partial charge in [0.25, 0.3) is 11.8 Å². The summed E-state index contributed by atoms with van der Waals surface area (Å²) in [6.45, 7) is 0.965. The standard InChI is InChI=1S/C28H20N4O5/c33-24(29-21-8-4-7-20-25(21)28(35)30-27(20)34)12-10-18-16-32(19-5-2-1-3-6-19)31-26(18)17-9-11-22-23(15-17)37-14-13-36-22/h1-12,15-16H,13-14H2,(H,29,33)(H,30,34,35). The molecule has 37 heavy (non-hydrogen) atoms. The number of imide groups is 1. The normalized spacial score (nSPS) is 13.9. The fourth-order valence-corrected chi connectivity index (χ4v) is 4.30. The predicted octanol–water partition coefficient (Wildman–Crippen LogP) is 3.85. The molecule has 2 aliphatic heterocycles. The second kappa shape index (κ2) is 9.12. The molecule has 1 aromatic heterocycles. The van der Waals surface area contributed by atoms with Crippen LogP contribution in [0.2, 0.25) is 0 Å². The number of benzene rings is 3. The summed E-state index contributed by atoms with van der Waals surface area (Å²) in [5, 5.41) is 9.72. The van der Waals surface area contributed by atoms with Gasteiger partial charge in [-0.05, 0) is 48.5 Å². The zero-order valence-corrected chi connectivity index (χ0v) is 19.4. The zero-order valence-electron chi connectivity index (χ0n) is 19.4. The molecule has 0 spiro atoms. The number of amides is 3. The molecule has 3 heterocycles. The Balaban J connectivity index is 1.33. The van der Waals surface area contributed by atoms with Gasteiger partial charge in [-0.2, -0.15) is 5.10 Å². The molecule has 9 heteroatoms. The number of fused-ring (bicyclic) bond motifs is 2. The molecule has 6 rings (SSSR count). The van der Waals surface area contributed by atoms with E-state index in [0.29, 0.717) is 36.0 Å². The van der Waals surface area contributed by atoms with Gasteiger partial charge in [0.1, 0.15) is 18.9 Å². The van der Waals surface area contributed by atoms with Crippen LogP contribution in [0.15, 0.2) is 79.0 Å². The fourth-order valence-electron chi connectivity index (χ4n) is 4.30. The van der Waals surface area contributed by atoms with Gasteiger partial charge in [0.2, 0.25) is 5.91 Å². The number of anilines is 1. The van der Waals surface area contributed by atoms with Crippen LogP contribution in [0.4, 0.5) is 5.69 Å². The third kappa shape index (κ3) is 4.23. The highest BCUT2D eigenvalue weighted by Gasteiger charge is 2.29. The Morgan fingerprint density at radius 3 is 2.59 bits per heavy atom. The Morgan fingerprint density at radius 1 is 0.946 bits per heavy atom. The summed E-state index contributed by atoms with van der Waals surface area (Å²) in [6, 6.07) is 20.0. The van der Waals surface area contributed by atoms with Crippen LogP contribution in [0.3, 0.4) is 0 Å². The van der Waals surface area contributed by atoms with E-state index in [9.17, 15) is 14.4 Å². The fraction of sp³-hybridized carbons (Fsp3) is 0.0714. The number of aromatic nitrogens is 2. The molecule has 9 nitrogen and oxygen atoms in total. The van der Waals surface area contributed by atoms with E-state index in [1.165, 1.54) is 6.08 Å². The van der Waals surface area contributed by atoms with Crippen LogP contribution in [0.5, 0.6) is 11.5 Å². The Bertz CT molecular complexity index is 1590. The molecule has 0 unspecified atom stereocenters. The maximum Gasteiger partial charge on any atom is 0.261 e. The highest BCUT2D eigenvalue weighted by Crippen LogP contribution is 2.35. The van der Waals surface area contributed by atoms with Crippen molar-refractivity contribution in [2.45, 2.75) is 0 Å². The number of hydrogen-bond donors (Lipinski definition) is 2. The number of carbonyl (C=O) groups is 3. The van der Waals surface area contributed by atoms with Gasteiger partial charge in [0.05, 0.1) is 22.5 Å². The first-order valence-electron chi connectivity index (χ1n) is 11.6. The van der Waals surface area contributed by atoms with Crippen molar-refractivity contribution in [2.75, 3.05) is 18.5 Å². The van der Waals surface area contributed by atoms with Crippen molar-refractivity contribution >= 4 is 29.5 Å². The summed E-state index contributed by atoms with van der Waals surface area (Å²) in [5.41, 5.74) is 3.66. The number of nitrogens with one attached hydrogen (secondary N) is 2. The number of hydrogen-bond acceptors (Lipinski definition) is 6. The lowest BCUT2D eigenvalue weighted by Crippen LogP contribution is -2.20. The maximum atomic E-state index is 12.8. The van der Waals surface area contributed by atoms with Gasteiger partial charge >= 0.3 is 0 Å². The van der Waals surface area contributed by atoms with Gasteiger partial charge in [-0.15, -0.1) is 0 Å². The van der Waals surface area contributed by atoms with Gasteiger partial charge < -0.3 is 14.8 Å². The van der Waals surface area contributed by atoms with Gasteiger partial charge in [-0.3, -0.25) is 19.7 Å². The minimum Gasteiger partial charge on any atom is -0.486 e. The Labute approximate surface area is 211 Å². The minimum absolute atomic E-state index is 0.156. The van der Waals surface area contributed by atoms with Crippen molar-refractivity contribution in [3.8, 4) is 28.4 Å². The average molecular weight is 492 g/mol. The van der Waals surface area contributed by atoms with Crippen LogP contribution in [0.1, 0.15) is 26.3 Å². The van der Waals surface area contributed by atoms with Crippen molar-refractivity contribution in [1.82, 2.24) is 15.1 Å². The lowest BCUT2D eigenvalue weighted by Gasteiger charge is -2.18. The Morgan fingerprint density at radius 2 is 1.76 bits per heavy atom. The van der Waals surface area contributed by atoms with Crippen LogP contribution in [-0.2, 0) is 4.79 Å². The van der Waals surface area contributed by atoms with Gasteiger partial charge in [-0.1, -0.05) is 24.3 Å². The molecule has 0 bridgehead atoms. The molecule has 2 aliphatic rings. The number of nitrogens with zero attached hydrogens (tertiary/aromatic N) is 2. The van der Waals surface area contributed by atoms with E-state index in [1.54, 1.807) is 29.0 Å². The van der Waals surface area contributed by atoms with Crippen molar-refractivity contribution in [2.24, 2.45) is 0 Å². The number of carbonyl (C=O) groups excluding carboxylic acids is 3. The van der Waals surface area contributed by atoms with Crippen molar-refractivity contribution in [1.29, 1.82) is 0 Å². The molecular weight excluding hydrogens is 472 g/mol. The first-order valence-corrected chi connectivity index (χ1v) is 11.6. The summed E-state index contributed by atoms with van der Waals surface area (Å²) in [4.78, 5) is 36.9. The Kier molecular flexibility index (Phi) is 5.49. The topological polar surface area (TPSA) is 112 Å². The van der Waals surface area contributed by atoms with E-state index in [-0.39, 0.29) is 16.8 Å². The lowest BCUT2D eigenvalue weighted by atomic mass is 10.1. The minimum atomic E-state index is -0.537. The number of ether oxygens (including phenoxy) is 2. The van der Waals surface area contributed by atoms with Crippen molar-refractivity contribution in [3.05, 3.63) is 95.7 Å². The summed E-state index contributed by atoms with van der Waals surface area (Å²) in [7, 11) is 0. The lowest BCUT2D eigenvalue weighted by molar-refractivity contribution is -0.111. The van der Waals surface area contributed by atoms with E-state index in [2.05, 4.69) is 10.6 Å². The van der Waals surface area contributed by atoms with Crippen LogP contribution in [0, 0.1) is 0 Å². The second-order valence-electron chi connectivity index (χ2n) is 8.41. The molecule has 0 saturated carbocycles. The van der Waals surface area contributed by atoms with Crippen LogP contribution >= 0.6 is 0 Å². The molecular formula is C28H20N4O5. The van der Waals surface area contributed by atoms with Crippen LogP contribution in [0.25, 0.3) is 23.0 Å². The van der Waals surface area contributed by atoms with Gasteiger partial charge in [0.15, 0.2) is 11.5 Å². The highest BCUT2D eigenvalue weighted by molar-refractivity contribution is 6.24. The monoisotopic (exact) mass is 492 g/mol. The maximum absolute atomic E-state index is 12.8. The third-order valence-corrected chi connectivity index (χ3v) is 6.01. The molecule has 0 atom stereocenters. The molecule has 0 aliphatic carbocycles. The summed E-state index contributed by atoms with van der Waals surface area (Å²) < 4.78 is 13.1. The Hall–Kier alpha value is -5.18. The summed E-state index contributed by atoms with van der Waals surface area (Å²) >= 11 is 0. The zero-order chi connectivity index (χ0) is 25.4. The summed E-state index contributed by atoms with van der Waals surface area (Å²) in [5.74, 6) is -0.168. The number of para-hydroxylation sites is 1. The smallest absolute Gasteiger partial charge is 0.261 e. The second-order valence-corrected chi connectivity index (χ2v) is 8.41. The largest absolute Gasteiger partial charge is 0.486 e. The van der Waals surface area contributed by atoms with Crippen molar-refractivity contribution < 1.29 is 23.9 Å². The van der Waals surface area contributed by atoms with E-state index < -0.39 is 17.7 Å². The molecule has 2 N–H and O–H groups in total. The van der Waals surface area contributed by atoms with Gasteiger partial charge in [-0.25, -0.2) is 4.68 Å². The molecule has 3 aromatic carbocycles. The predicted molar refractivity (Wildman–Crippen MR) is 136 cm³/mol. The first kappa shape index (κ1) is 22.3. The van der Waals surface area contributed by atoms with E-state index in [0.717, 1.165) is 11.3 Å². The summed E-state index contributed by atoms with van der Waals surface area (Å²) in [6.07, 6.45) is 4.85. The van der Waals surface area contributed by atoms with E-state index in [4.69, 9.17) is 14.6 Å². The molecule has 182 valence electrons. The highest BCUT2D eigenvalue weighted by atomic mass is 16.6. The van der Waals surface area contributed by atoms with E-state index in [1.807, 2.05) is 54.7 Å². The first-order chi connectivity index (χ1) is 18.1.